The number of nitrogens with zero attached hydrogens (tertiary/aromatic N) is 3. The number of benzene rings is 1. The molecule has 7 rings (SSSR count). The highest BCUT2D eigenvalue weighted by molar-refractivity contribution is 5.80. The van der Waals surface area contributed by atoms with E-state index in [1.165, 1.54) is 24.8 Å². The van der Waals surface area contributed by atoms with Crippen LogP contribution in [-0.2, 0) is 27.8 Å². The molecule has 0 saturated heterocycles. The maximum Gasteiger partial charge on any atom is 0.410 e. The largest absolute Gasteiger partial charge is 0.444 e. The first-order valence-corrected chi connectivity index (χ1v) is 11.7. The van der Waals surface area contributed by atoms with Crippen LogP contribution in [0.4, 0.5) is 4.79 Å². The van der Waals surface area contributed by atoms with Crippen LogP contribution < -0.4 is 5.32 Å². The molecule has 1 aromatic carbocycles. The van der Waals surface area contributed by atoms with Crippen molar-refractivity contribution in [3.05, 3.63) is 46.8 Å². The van der Waals surface area contributed by atoms with Gasteiger partial charge in [-0.15, -0.1) is 0 Å². The molecule has 0 radical (unpaired) electrons. The number of aromatic nitrogens is 2. The van der Waals surface area contributed by atoms with Gasteiger partial charge in [0.05, 0.1) is 29.5 Å². The van der Waals surface area contributed by atoms with E-state index in [0.29, 0.717) is 24.9 Å². The molecule has 3 heterocycles. The third-order valence-corrected chi connectivity index (χ3v) is 7.61. The molecule has 3 saturated carbocycles. The summed E-state index contributed by atoms with van der Waals surface area (Å²) < 4.78 is 7.65. The number of carbonyl (C=O) groups is 2. The second-order valence-electron chi connectivity index (χ2n) is 10.9. The summed E-state index contributed by atoms with van der Waals surface area (Å²) >= 11 is 0. The van der Waals surface area contributed by atoms with Crippen molar-refractivity contribution in [2.45, 2.75) is 69.9 Å². The number of ether oxygens (including phenoxy) is 1. The van der Waals surface area contributed by atoms with Crippen LogP contribution in [0.3, 0.4) is 0 Å². The van der Waals surface area contributed by atoms with Gasteiger partial charge in [0.25, 0.3) is 0 Å². The van der Waals surface area contributed by atoms with E-state index in [4.69, 9.17) is 9.84 Å². The summed E-state index contributed by atoms with van der Waals surface area (Å²) in [6.07, 6.45) is 4.59. The van der Waals surface area contributed by atoms with Gasteiger partial charge < -0.3 is 10.1 Å². The van der Waals surface area contributed by atoms with E-state index in [2.05, 4.69) is 29.6 Å². The highest BCUT2D eigenvalue weighted by atomic mass is 16.6. The number of carbonyl (C=O) groups excluding carboxylic acids is 2. The number of hydrogen-bond donors (Lipinski definition) is 1. The molecule has 2 bridgehead atoms. The quantitative estimate of drug-likeness (QED) is 0.786. The van der Waals surface area contributed by atoms with Crippen molar-refractivity contribution in [1.82, 2.24) is 20.0 Å². The molecule has 7 heteroatoms. The minimum Gasteiger partial charge on any atom is -0.444 e. The van der Waals surface area contributed by atoms with E-state index in [0.717, 1.165) is 28.6 Å². The van der Waals surface area contributed by atoms with Gasteiger partial charge in [-0.1, -0.05) is 12.1 Å². The monoisotopic (exact) mass is 434 g/mol. The summed E-state index contributed by atoms with van der Waals surface area (Å²) in [7, 11) is 0. The predicted molar refractivity (Wildman–Crippen MR) is 119 cm³/mol. The Balaban J connectivity index is 1.35. The first-order valence-electron chi connectivity index (χ1n) is 11.7. The zero-order valence-electron chi connectivity index (χ0n) is 19.0. The summed E-state index contributed by atoms with van der Waals surface area (Å²) in [4.78, 5) is 27.1. The normalized spacial score (nSPS) is 28.1. The molecule has 0 spiro atoms. The maximum atomic E-state index is 12.9. The number of nitrogens with one attached hydrogen (secondary N) is 1. The third-order valence-electron chi connectivity index (χ3n) is 7.61. The second kappa shape index (κ2) is 6.59. The zero-order chi connectivity index (χ0) is 22.3. The average Bonchev–Trinajstić information content (AvgIpc) is 2.92. The summed E-state index contributed by atoms with van der Waals surface area (Å²) in [6, 6.07) is 8.57. The van der Waals surface area contributed by atoms with Gasteiger partial charge in [-0.3, -0.25) is 9.69 Å². The van der Waals surface area contributed by atoms with Crippen LogP contribution in [0.25, 0.3) is 5.69 Å². The molecule has 3 fully saturated rings. The van der Waals surface area contributed by atoms with Gasteiger partial charge >= 0.3 is 6.09 Å². The lowest BCUT2D eigenvalue weighted by Gasteiger charge is -2.62. The van der Waals surface area contributed by atoms with Gasteiger partial charge in [-0.25, -0.2) is 9.48 Å². The fourth-order valence-electron chi connectivity index (χ4n) is 5.99. The molecular formula is C25H30N4O3. The fraction of sp³-hybridized carbons (Fsp3) is 0.560. The third kappa shape index (κ3) is 2.97. The first kappa shape index (κ1) is 19.8. The summed E-state index contributed by atoms with van der Waals surface area (Å²) in [5, 5.41) is 7.82. The number of hydrogen-bond acceptors (Lipinski definition) is 4. The van der Waals surface area contributed by atoms with E-state index in [-0.39, 0.29) is 24.5 Å². The molecule has 5 aliphatic rings. The van der Waals surface area contributed by atoms with Gasteiger partial charge in [0, 0.05) is 25.1 Å². The van der Waals surface area contributed by atoms with Crippen LogP contribution in [-0.4, -0.2) is 45.4 Å². The predicted octanol–water partition coefficient (Wildman–Crippen LogP) is 3.43. The lowest BCUT2D eigenvalue weighted by Crippen LogP contribution is -2.55. The molecule has 1 aromatic heterocycles. The first-order chi connectivity index (χ1) is 15.2. The molecule has 2 aromatic rings. The Morgan fingerprint density at radius 3 is 2.53 bits per heavy atom. The SMILES string of the molecule is CC(C)(C)OC(=O)N1CCc2c3c(nn2-c2ccc(C45CC(C4)C5)cc2)CC(=O)NCC31. The lowest BCUT2D eigenvalue weighted by atomic mass is 9.42. The smallest absolute Gasteiger partial charge is 0.410 e. The van der Waals surface area contributed by atoms with Crippen molar-refractivity contribution < 1.29 is 14.3 Å². The van der Waals surface area contributed by atoms with E-state index >= 15 is 0 Å². The minimum atomic E-state index is -0.569. The van der Waals surface area contributed by atoms with E-state index in [1.807, 2.05) is 25.5 Å². The molecule has 32 heavy (non-hydrogen) atoms. The molecule has 2 amide bonds. The van der Waals surface area contributed by atoms with Crippen LogP contribution in [0.2, 0.25) is 0 Å². The second-order valence-corrected chi connectivity index (χ2v) is 10.9. The van der Waals surface area contributed by atoms with Gasteiger partial charge in [0.1, 0.15) is 5.60 Å². The zero-order valence-corrected chi connectivity index (χ0v) is 19.0. The van der Waals surface area contributed by atoms with E-state index in [9.17, 15) is 9.59 Å². The Bertz CT molecular complexity index is 1090. The van der Waals surface area contributed by atoms with Crippen LogP contribution in [0.5, 0.6) is 0 Å². The summed E-state index contributed by atoms with van der Waals surface area (Å²) in [5.74, 6) is 0.895. The maximum absolute atomic E-state index is 12.9. The van der Waals surface area contributed by atoms with Gasteiger partial charge in [0.15, 0.2) is 0 Å². The number of rotatable bonds is 2. The fourth-order valence-corrected chi connectivity index (χ4v) is 5.99. The Hall–Kier alpha value is -2.83. The standard InChI is InChI=1S/C25H30N4O3/c1-24(2,3)32-23(31)28-9-8-19-22-18(10-21(30)26-14-20(22)28)27-29(19)17-6-4-16(5-7-17)25-11-15(12-25)13-25/h4-7,15,20H,8-14H2,1-3H3,(H,26,30). The van der Waals surface area contributed by atoms with Crippen molar-refractivity contribution in [2.24, 2.45) is 5.92 Å². The molecular weight excluding hydrogens is 404 g/mol. The van der Waals surface area contributed by atoms with Gasteiger partial charge in [-0.2, -0.15) is 5.10 Å². The van der Waals surface area contributed by atoms with Crippen LogP contribution >= 0.6 is 0 Å². The van der Waals surface area contributed by atoms with Crippen LogP contribution in [0, 0.1) is 5.92 Å². The Morgan fingerprint density at radius 1 is 1.19 bits per heavy atom. The van der Waals surface area contributed by atoms with Crippen molar-refractivity contribution in [3.63, 3.8) is 0 Å². The van der Waals surface area contributed by atoms with Crippen molar-refractivity contribution in [2.75, 3.05) is 13.1 Å². The topological polar surface area (TPSA) is 76.5 Å². The highest BCUT2D eigenvalue weighted by Crippen LogP contribution is 2.65. The minimum absolute atomic E-state index is 0.0602. The van der Waals surface area contributed by atoms with E-state index in [1.54, 1.807) is 4.90 Å². The van der Waals surface area contributed by atoms with Crippen LogP contribution in [0.1, 0.15) is 68.6 Å². The van der Waals surface area contributed by atoms with E-state index < -0.39 is 5.60 Å². The molecule has 2 aliphatic heterocycles. The van der Waals surface area contributed by atoms with Crippen LogP contribution in [0.15, 0.2) is 24.3 Å². The number of amides is 2. The Labute approximate surface area is 188 Å². The Morgan fingerprint density at radius 2 is 1.91 bits per heavy atom. The average molecular weight is 435 g/mol. The molecule has 1 unspecified atom stereocenters. The highest BCUT2D eigenvalue weighted by Gasteiger charge is 2.57. The summed E-state index contributed by atoms with van der Waals surface area (Å²) in [5.41, 5.74) is 5.20. The molecule has 7 nitrogen and oxygen atoms in total. The van der Waals surface area contributed by atoms with Crippen molar-refractivity contribution in [3.8, 4) is 5.69 Å². The molecule has 1 atom stereocenters. The van der Waals surface area contributed by atoms with Crippen molar-refractivity contribution >= 4 is 12.0 Å². The van der Waals surface area contributed by atoms with Gasteiger partial charge in [0.2, 0.25) is 5.91 Å². The lowest BCUT2D eigenvalue weighted by molar-refractivity contribution is -0.120. The van der Waals surface area contributed by atoms with Crippen molar-refractivity contribution in [1.29, 1.82) is 0 Å². The molecule has 1 N–H and O–H groups in total. The Kier molecular flexibility index (Phi) is 4.08. The van der Waals surface area contributed by atoms with Gasteiger partial charge in [-0.05, 0) is 69.1 Å². The molecule has 168 valence electrons. The summed E-state index contributed by atoms with van der Waals surface area (Å²) in [6.45, 7) is 6.53. The molecule has 3 aliphatic carbocycles.